The van der Waals surface area contributed by atoms with Gasteiger partial charge in [-0.3, -0.25) is 9.69 Å². The Morgan fingerprint density at radius 2 is 1.73 bits per heavy atom. The summed E-state index contributed by atoms with van der Waals surface area (Å²) in [6.07, 6.45) is 0. The summed E-state index contributed by atoms with van der Waals surface area (Å²) in [4.78, 5) is 15.6. The van der Waals surface area contributed by atoms with Crippen molar-refractivity contribution in [3.63, 3.8) is 0 Å². The number of methoxy groups -OCH3 is 1. The molecule has 0 bridgehead atoms. The van der Waals surface area contributed by atoms with Crippen LogP contribution in [-0.4, -0.2) is 57.4 Å². The van der Waals surface area contributed by atoms with Gasteiger partial charge in [-0.15, -0.1) is 0 Å². The molecule has 1 heterocycles. The Morgan fingerprint density at radius 1 is 0.946 bits per heavy atom. The highest BCUT2D eigenvalue weighted by molar-refractivity contribution is 6.10. The molecule has 0 spiro atoms. The number of rotatable bonds is 8. The Labute approximate surface area is 215 Å². The monoisotopic (exact) mass is 500 g/mol. The van der Waals surface area contributed by atoms with Crippen molar-refractivity contribution in [2.75, 3.05) is 51.9 Å². The van der Waals surface area contributed by atoms with Crippen LogP contribution in [0.3, 0.4) is 0 Å². The molecule has 1 amide bonds. The molecule has 1 aliphatic rings. The van der Waals surface area contributed by atoms with Crippen molar-refractivity contribution in [2.45, 2.75) is 0 Å². The Hall–Kier alpha value is -3.94. The standard InChI is InChI=1S/C30H29FN2O4/c1-35-28-11-9-23(31)20-26(28)21-5-4-6-22(19-21)30(34)32-27-10-12-29(25-8-3-2-7-24(25)27)37-18-15-33-13-16-36-17-14-33/h2-12,19-20H,13-18H2,1H3,(H,32,34). The third-order valence-electron chi connectivity index (χ3n) is 6.50. The lowest BCUT2D eigenvalue weighted by Gasteiger charge is -2.26. The van der Waals surface area contributed by atoms with Crippen molar-refractivity contribution >= 4 is 22.4 Å². The Morgan fingerprint density at radius 3 is 2.54 bits per heavy atom. The molecule has 1 saturated heterocycles. The van der Waals surface area contributed by atoms with Crippen LogP contribution in [0.5, 0.6) is 11.5 Å². The van der Waals surface area contributed by atoms with Gasteiger partial charge < -0.3 is 19.5 Å². The van der Waals surface area contributed by atoms with Crippen molar-refractivity contribution in [1.82, 2.24) is 4.90 Å². The average Bonchev–Trinajstić information content (AvgIpc) is 2.94. The maximum atomic E-state index is 13.9. The minimum Gasteiger partial charge on any atom is -0.496 e. The number of amides is 1. The number of hydrogen-bond acceptors (Lipinski definition) is 5. The zero-order valence-electron chi connectivity index (χ0n) is 20.7. The normalized spacial score (nSPS) is 13.9. The first kappa shape index (κ1) is 24.7. The van der Waals surface area contributed by atoms with E-state index in [1.54, 1.807) is 24.3 Å². The fourth-order valence-corrected chi connectivity index (χ4v) is 4.54. The van der Waals surface area contributed by atoms with Crippen LogP contribution in [0.2, 0.25) is 0 Å². The molecule has 5 rings (SSSR count). The molecule has 4 aromatic carbocycles. The maximum absolute atomic E-state index is 13.9. The molecule has 0 saturated carbocycles. The molecule has 1 fully saturated rings. The van der Waals surface area contributed by atoms with Gasteiger partial charge in [-0.1, -0.05) is 36.4 Å². The lowest BCUT2D eigenvalue weighted by Crippen LogP contribution is -2.38. The summed E-state index contributed by atoms with van der Waals surface area (Å²) in [5.74, 6) is 0.684. The van der Waals surface area contributed by atoms with Crippen molar-refractivity contribution < 1.29 is 23.4 Å². The molecule has 0 radical (unpaired) electrons. The summed E-state index contributed by atoms with van der Waals surface area (Å²) >= 11 is 0. The maximum Gasteiger partial charge on any atom is 0.255 e. The predicted molar refractivity (Wildman–Crippen MR) is 143 cm³/mol. The third-order valence-corrected chi connectivity index (χ3v) is 6.50. The van der Waals surface area contributed by atoms with Crippen LogP contribution < -0.4 is 14.8 Å². The van der Waals surface area contributed by atoms with Crippen LogP contribution >= 0.6 is 0 Å². The van der Waals surface area contributed by atoms with Crippen LogP contribution in [0.15, 0.2) is 78.9 Å². The van der Waals surface area contributed by atoms with Gasteiger partial charge in [0.2, 0.25) is 0 Å². The number of nitrogens with zero attached hydrogens (tertiary/aromatic N) is 1. The molecule has 0 aliphatic carbocycles. The quantitative estimate of drug-likeness (QED) is 0.340. The molecule has 190 valence electrons. The van der Waals surface area contributed by atoms with Crippen molar-refractivity contribution in [1.29, 1.82) is 0 Å². The van der Waals surface area contributed by atoms with Crippen LogP contribution in [0.1, 0.15) is 10.4 Å². The Bertz CT molecular complexity index is 1400. The molecule has 0 atom stereocenters. The Kier molecular flexibility index (Phi) is 7.63. The van der Waals surface area contributed by atoms with Gasteiger partial charge in [-0.2, -0.15) is 0 Å². The van der Waals surface area contributed by atoms with Gasteiger partial charge in [0.05, 0.1) is 20.3 Å². The number of ether oxygens (including phenoxy) is 3. The molecular formula is C30H29FN2O4. The molecule has 0 aromatic heterocycles. The second kappa shape index (κ2) is 11.4. The van der Waals surface area contributed by atoms with Gasteiger partial charge in [0.15, 0.2) is 0 Å². The lowest BCUT2D eigenvalue weighted by atomic mass is 10.0. The summed E-state index contributed by atoms with van der Waals surface area (Å²) in [7, 11) is 1.54. The zero-order chi connectivity index (χ0) is 25.6. The summed E-state index contributed by atoms with van der Waals surface area (Å²) in [6, 6.07) is 23.0. The van der Waals surface area contributed by atoms with Gasteiger partial charge in [-0.05, 0) is 48.0 Å². The van der Waals surface area contributed by atoms with Crippen LogP contribution in [0, 0.1) is 5.82 Å². The SMILES string of the molecule is COc1ccc(F)cc1-c1cccc(C(=O)Nc2ccc(OCCN3CCOCC3)c3ccccc23)c1. The average molecular weight is 501 g/mol. The molecule has 37 heavy (non-hydrogen) atoms. The molecule has 4 aromatic rings. The van der Waals surface area contributed by atoms with Crippen LogP contribution in [-0.2, 0) is 4.74 Å². The van der Waals surface area contributed by atoms with E-state index >= 15 is 0 Å². The van der Waals surface area contributed by atoms with Crippen molar-refractivity contribution in [2.24, 2.45) is 0 Å². The van der Waals surface area contributed by atoms with E-state index in [4.69, 9.17) is 14.2 Å². The molecular weight excluding hydrogens is 471 g/mol. The number of carbonyl (C=O) groups excluding carboxylic acids is 1. The fourth-order valence-electron chi connectivity index (χ4n) is 4.54. The van der Waals surface area contributed by atoms with Gasteiger partial charge >= 0.3 is 0 Å². The second-order valence-electron chi connectivity index (χ2n) is 8.84. The highest BCUT2D eigenvalue weighted by Gasteiger charge is 2.15. The molecule has 0 unspecified atom stereocenters. The largest absolute Gasteiger partial charge is 0.496 e. The number of carbonyl (C=O) groups is 1. The van der Waals surface area contributed by atoms with E-state index in [2.05, 4.69) is 10.2 Å². The van der Waals surface area contributed by atoms with E-state index in [-0.39, 0.29) is 11.7 Å². The number of morpholine rings is 1. The molecule has 1 N–H and O–H groups in total. The highest BCUT2D eigenvalue weighted by atomic mass is 19.1. The summed E-state index contributed by atoms with van der Waals surface area (Å²) in [5.41, 5.74) is 2.42. The van der Waals surface area contributed by atoms with Gasteiger partial charge in [-0.25, -0.2) is 4.39 Å². The number of fused-ring (bicyclic) bond motifs is 1. The first-order valence-electron chi connectivity index (χ1n) is 12.3. The molecule has 6 nitrogen and oxygen atoms in total. The van der Waals surface area contributed by atoms with Crippen molar-refractivity contribution in [3.05, 3.63) is 90.2 Å². The third kappa shape index (κ3) is 5.74. The van der Waals surface area contributed by atoms with E-state index in [1.165, 1.54) is 19.2 Å². The van der Waals surface area contributed by atoms with Gasteiger partial charge in [0, 0.05) is 47.2 Å². The smallest absolute Gasteiger partial charge is 0.255 e. The van der Waals surface area contributed by atoms with Crippen molar-refractivity contribution in [3.8, 4) is 22.6 Å². The first-order chi connectivity index (χ1) is 18.1. The fraction of sp³-hybridized carbons (Fsp3) is 0.233. The van der Waals surface area contributed by atoms with Crippen LogP contribution in [0.4, 0.5) is 10.1 Å². The lowest BCUT2D eigenvalue weighted by molar-refractivity contribution is 0.0323. The van der Waals surface area contributed by atoms with Crippen LogP contribution in [0.25, 0.3) is 21.9 Å². The number of benzene rings is 4. The van der Waals surface area contributed by atoms with E-state index in [0.717, 1.165) is 49.4 Å². The second-order valence-corrected chi connectivity index (χ2v) is 8.84. The molecule has 1 aliphatic heterocycles. The first-order valence-corrected chi connectivity index (χ1v) is 12.3. The van der Waals surface area contributed by atoms with E-state index < -0.39 is 0 Å². The molecule has 7 heteroatoms. The number of anilines is 1. The number of hydrogen-bond donors (Lipinski definition) is 1. The number of halogens is 1. The van der Waals surface area contributed by atoms with Gasteiger partial charge in [0.1, 0.15) is 23.9 Å². The summed E-state index contributed by atoms with van der Waals surface area (Å²) in [5, 5.41) is 4.86. The summed E-state index contributed by atoms with van der Waals surface area (Å²) in [6.45, 7) is 4.77. The Balaban J connectivity index is 1.34. The minimum absolute atomic E-state index is 0.261. The van der Waals surface area contributed by atoms with E-state index in [0.29, 0.717) is 34.7 Å². The van der Waals surface area contributed by atoms with E-state index in [9.17, 15) is 9.18 Å². The predicted octanol–water partition coefficient (Wildman–Crippen LogP) is 5.62. The number of nitrogens with one attached hydrogen (secondary N) is 1. The highest BCUT2D eigenvalue weighted by Crippen LogP contribution is 2.33. The van der Waals surface area contributed by atoms with E-state index in [1.807, 2.05) is 42.5 Å². The topological polar surface area (TPSA) is 60.0 Å². The minimum atomic E-state index is -0.371. The van der Waals surface area contributed by atoms with Gasteiger partial charge in [0.25, 0.3) is 5.91 Å². The zero-order valence-corrected chi connectivity index (χ0v) is 20.7. The summed E-state index contributed by atoms with van der Waals surface area (Å²) < 4.78 is 30.8.